The van der Waals surface area contributed by atoms with Crippen LogP contribution in [0.2, 0.25) is 0 Å². The van der Waals surface area contributed by atoms with Gasteiger partial charge < -0.3 is 4.57 Å². The summed E-state index contributed by atoms with van der Waals surface area (Å²) in [6.45, 7) is 4.63. The zero-order chi connectivity index (χ0) is 20.0. The second kappa shape index (κ2) is 6.89. The predicted octanol–water partition coefficient (Wildman–Crippen LogP) is 4.20. The average Bonchev–Trinajstić information content (AvgIpc) is 3.48. The molecule has 0 atom stereocenters. The molecule has 4 aromatic rings. The van der Waals surface area contributed by atoms with Crippen LogP contribution in [0.3, 0.4) is 0 Å². The largest absolute Gasteiger partial charge is 0.310 e. The predicted molar refractivity (Wildman–Crippen MR) is 112 cm³/mol. The summed E-state index contributed by atoms with van der Waals surface area (Å²) in [5.41, 5.74) is 3.35. The van der Waals surface area contributed by atoms with Crippen LogP contribution in [0.25, 0.3) is 22.1 Å². The van der Waals surface area contributed by atoms with E-state index in [-0.39, 0.29) is 11.9 Å². The topological polar surface area (TPSA) is 76.8 Å². The molecule has 29 heavy (non-hydrogen) atoms. The quantitative estimate of drug-likeness (QED) is 0.511. The Bertz CT molecular complexity index is 1200. The van der Waals surface area contributed by atoms with Crippen molar-refractivity contribution in [2.45, 2.75) is 26.4 Å². The van der Waals surface area contributed by atoms with Gasteiger partial charge in [-0.3, -0.25) is 9.69 Å². The van der Waals surface area contributed by atoms with Gasteiger partial charge in [-0.15, -0.1) is 21.5 Å². The number of carbonyl (C=O) groups is 1. The fourth-order valence-electron chi connectivity index (χ4n) is 3.49. The molecule has 0 aliphatic carbocycles. The van der Waals surface area contributed by atoms with Crippen molar-refractivity contribution in [2.75, 3.05) is 4.90 Å². The second-order valence-electron chi connectivity index (χ2n) is 7.14. The van der Waals surface area contributed by atoms with E-state index < -0.39 is 0 Å². The maximum Gasteiger partial charge on any atom is 0.260 e. The van der Waals surface area contributed by atoms with Crippen molar-refractivity contribution < 1.29 is 4.79 Å². The summed E-state index contributed by atoms with van der Waals surface area (Å²) in [4.78, 5) is 23.9. The molecule has 4 heterocycles. The highest BCUT2D eigenvalue weighted by Gasteiger charge is 2.30. The molecule has 1 aliphatic heterocycles. The Labute approximate surface area is 171 Å². The molecule has 8 heteroatoms. The lowest BCUT2D eigenvalue weighted by molar-refractivity contribution is 0.0996. The van der Waals surface area contributed by atoms with E-state index in [4.69, 9.17) is 4.98 Å². The third-order valence-corrected chi connectivity index (χ3v) is 5.78. The molecule has 5 rings (SSSR count). The maximum atomic E-state index is 13.1. The van der Waals surface area contributed by atoms with Gasteiger partial charge in [-0.25, -0.2) is 9.97 Å². The standard InChI is InChI=1S/C21H18N6OS/c1-13(2)27-12-23-25-19(27)17-4-3-5-18(24-17)26-11-15-7-6-14(10-16(15)21(26)28)20-22-8-9-29-20/h3-10,12-13H,11H2,1-2H3. The van der Waals surface area contributed by atoms with Gasteiger partial charge in [0.25, 0.3) is 5.91 Å². The molecule has 0 N–H and O–H groups in total. The molecule has 3 aromatic heterocycles. The fraction of sp³-hybridized carbons (Fsp3) is 0.190. The van der Waals surface area contributed by atoms with Gasteiger partial charge in [0.05, 0.1) is 6.54 Å². The first-order chi connectivity index (χ1) is 14.1. The van der Waals surface area contributed by atoms with Crippen LogP contribution in [-0.2, 0) is 6.54 Å². The molecular weight excluding hydrogens is 384 g/mol. The number of nitrogens with zero attached hydrogens (tertiary/aromatic N) is 6. The summed E-state index contributed by atoms with van der Waals surface area (Å²) in [5.74, 6) is 1.25. The Morgan fingerprint density at radius 1 is 1.17 bits per heavy atom. The van der Waals surface area contributed by atoms with Gasteiger partial charge in [0.1, 0.15) is 22.8 Å². The molecule has 0 bridgehead atoms. The van der Waals surface area contributed by atoms with Crippen LogP contribution in [0.5, 0.6) is 0 Å². The van der Waals surface area contributed by atoms with Crippen LogP contribution in [0.1, 0.15) is 35.8 Å². The third kappa shape index (κ3) is 3.01. The van der Waals surface area contributed by atoms with E-state index in [1.165, 1.54) is 0 Å². The van der Waals surface area contributed by atoms with Crippen LogP contribution >= 0.6 is 11.3 Å². The molecule has 0 saturated heterocycles. The number of carbonyl (C=O) groups excluding carboxylic acids is 1. The molecule has 144 valence electrons. The number of hydrogen-bond donors (Lipinski definition) is 0. The van der Waals surface area contributed by atoms with E-state index in [1.807, 2.05) is 46.3 Å². The Morgan fingerprint density at radius 2 is 2.07 bits per heavy atom. The third-order valence-electron chi connectivity index (χ3n) is 4.96. The zero-order valence-electron chi connectivity index (χ0n) is 16.0. The minimum absolute atomic E-state index is 0.0478. The van der Waals surface area contributed by atoms with Crippen molar-refractivity contribution in [1.82, 2.24) is 24.7 Å². The lowest BCUT2D eigenvalue weighted by atomic mass is 10.1. The van der Waals surface area contributed by atoms with Crippen molar-refractivity contribution in [3.63, 3.8) is 0 Å². The minimum atomic E-state index is -0.0478. The van der Waals surface area contributed by atoms with E-state index in [1.54, 1.807) is 28.8 Å². The van der Waals surface area contributed by atoms with Crippen LogP contribution < -0.4 is 4.90 Å². The number of amides is 1. The maximum absolute atomic E-state index is 13.1. The van der Waals surface area contributed by atoms with E-state index in [0.717, 1.165) is 16.1 Å². The molecular formula is C21H18N6OS. The lowest BCUT2D eigenvalue weighted by Crippen LogP contribution is -2.24. The van der Waals surface area contributed by atoms with Crippen LogP contribution in [-0.4, -0.2) is 30.6 Å². The Hall–Kier alpha value is -3.39. The fourth-order valence-corrected chi connectivity index (χ4v) is 4.12. The van der Waals surface area contributed by atoms with Crippen molar-refractivity contribution in [3.8, 4) is 22.1 Å². The number of aromatic nitrogens is 5. The van der Waals surface area contributed by atoms with Gasteiger partial charge in [-0.05, 0) is 37.6 Å². The Morgan fingerprint density at radius 3 is 2.86 bits per heavy atom. The van der Waals surface area contributed by atoms with Crippen LogP contribution in [0, 0.1) is 0 Å². The summed E-state index contributed by atoms with van der Waals surface area (Å²) in [6.07, 6.45) is 3.47. The van der Waals surface area contributed by atoms with E-state index >= 15 is 0 Å². The van der Waals surface area contributed by atoms with Crippen molar-refractivity contribution >= 4 is 23.1 Å². The van der Waals surface area contributed by atoms with Gasteiger partial charge in [0, 0.05) is 28.7 Å². The molecule has 1 amide bonds. The number of rotatable bonds is 4. The van der Waals surface area contributed by atoms with Gasteiger partial charge in [0.15, 0.2) is 5.82 Å². The molecule has 0 radical (unpaired) electrons. The number of hydrogen-bond acceptors (Lipinski definition) is 6. The SMILES string of the molecule is CC(C)n1cnnc1-c1cccc(N2Cc3ccc(-c4nccs4)cc3C2=O)n1. The van der Waals surface area contributed by atoms with Crippen molar-refractivity contribution in [1.29, 1.82) is 0 Å². The van der Waals surface area contributed by atoms with Crippen molar-refractivity contribution in [3.05, 3.63) is 65.4 Å². The zero-order valence-corrected chi connectivity index (χ0v) is 16.8. The highest BCUT2D eigenvalue weighted by Crippen LogP contribution is 2.32. The number of benzene rings is 1. The second-order valence-corrected chi connectivity index (χ2v) is 8.03. The monoisotopic (exact) mass is 402 g/mol. The molecule has 0 saturated carbocycles. The molecule has 0 unspecified atom stereocenters. The van der Waals surface area contributed by atoms with E-state index in [2.05, 4.69) is 29.0 Å². The van der Waals surface area contributed by atoms with E-state index in [0.29, 0.717) is 29.4 Å². The number of anilines is 1. The summed E-state index contributed by atoms with van der Waals surface area (Å²) in [6, 6.07) is 11.8. The molecule has 0 spiro atoms. The smallest absolute Gasteiger partial charge is 0.260 e. The summed E-state index contributed by atoms with van der Waals surface area (Å²) in [7, 11) is 0. The van der Waals surface area contributed by atoms with Crippen LogP contribution in [0.15, 0.2) is 54.3 Å². The first kappa shape index (κ1) is 17.7. The molecule has 1 aromatic carbocycles. The lowest BCUT2D eigenvalue weighted by Gasteiger charge is -2.16. The normalized spacial score (nSPS) is 13.3. The Balaban J connectivity index is 1.49. The van der Waals surface area contributed by atoms with E-state index in [9.17, 15) is 4.79 Å². The number of fused-ring (bicyclic) bond motifs is 1. The molecule has 1 aliphatic rings. The first-order valence-electron chi connectivity index (χ1n) is 9.33. The summed E-state index contributed by atoms with van der Waals surface area (Å²) < 4.78 is 1.97. The van der Waals surface area contributed by atoms with Crippen molar-refractivity contribution in [2.24, 2.45) is 0 Å². The summed E-state index contributed by atoms with van der Waals surface area (Å²) in [5, 5.41) is 11.1. The molecule has 7 nitrogen and oxygen atoms in total. The van der Waals surface area contributed by atoms with Crippen LogP contribution in [0.4, 0.5) is 5.82 Å². The number of pyridine rings is 1. The Kier molecular flexibility index (Phi) is 4.21. The highest BCUT2D eigenvalue weighted by molar-refractivity contribution is 7.13. The van der Waals surface area contributed by atoms with Gasteiger partial charge in [-0.2, -0.15) is 0 Å². The number of thiazole rings is 1. The summed E-state index contributed by atoms with van der Waals surface area (Å²) >= 11 is 1.56. The van der Waals surface area contributed by atoms with Gasteiger partial charge >= 0.3 is 0 Å². The van der Waals surface area contributed by atoms with Gasteiger partial charge in [-0.1, -0.05) is 18.2 Å². The van der Waals surface area contributed by atoms with Gasteiger partial charge in [0.2, 0.25) is 0 Å². The first-order valence-corrected chi connectivity index (χ1v) is 10.2. The highest BCUT2D eigenvalue weighted by atomic mass is 32.1. The minimum Gasteiger partial charge on any atom is -0.310 e. The average molecular weight is 402 g/mol. The molecule has 0 fully saturated rings.